The molecule has 0 spiro atoms. The number of carbonyl (C=O) groups is 4. The lowest BCUT2D eigenvalue weighted by Crippen LogP contribution is -2.32. The number of amides is 3. The van der Waals surface area contributed by atoms with Crippen LogP contribution in [0.4, 0.5) is 11.4 Å². The Labute approximate surface area is 190 Å². The fourth-order valence-electron chi connectivity index (χ4n) is 5.52. The smallest absolute Gasteiger partial charge is 0.338 e. The summed E-state index contributed by atoms with van der Waals surface area (Å²) in [4.78, 5) is 51.9. The first kappa shape index (κ1) is 21.2. The van der Waals surface area contributed by atoms with Crippen LogP contribution in [0.1, 0.15) is 29.6 Å². The third kappa shape index (κ3) is 3.75. The lowest BCUT2D eigenvalue weighted by molar-refractivity contribution is -0.123. The molecule has 4 atom stereocenters. The van der Waals surface area contributed by atoms with Crippen LogP contribution in [0.15, 0.2) is 48.5 Å². The van der Waals surface area contributed by atoms with Crippen molar-refractivity contribution >= 4 is 35.1 Å². The fraction of sp³-hybridized carbons (Fsp3) is 0.360. The molecule has 3 fully saturated rings. The average Bonchev–Trinajstić information content (AvgIpc) is 3.51. The zero-order chi connectivity index (χ0) is 23.1. The highest BCUT2D eigenvalue weighted by atomic mass is 16.5. The topological polar surface area (TPSA) is 102 Å². The third-order valence-corrected chi connectivity index (χ3v) is 6.98. The molecule has 1 heterocycles. The van der Waals surface area contributed by atoms with E-state index in [1.54, 1.807) is 43.5 Å². The number of imide groups is 1. The number of hydrogen-bond acceptors (Lipinski definition) is 6. The van der Waals surface area contributed by atoms with E-state index in [0.29, 0.717) is 29.0 Å². The summed E-state index contributed by atoms with van der Waals surface area (Å²) >= 11 is 0. The minimum absolute atomic E-state index is 0.165. The molecule has 5 rings (SSSR count). The van der Waals surface area contributed by atoms with Crippen molar-refractivity contribution in [3.8, 4) is 5.75 Å². The molecule has 2 aromatic rings. The van der Waals surface area contributed by atoms with Gasteiger partial charge in [-0.2, -0.15) is 0 Å². The second-order valence-corrected chi connectivity index (χ2v) is 8.80. The Balaban J connectivity index is 1.23. The maximum Gasteiger partial charge on any atom is 0.338 e. The number of fused-ring (bicyclic) bond motifs is 5. The molecule has 1 N–H and O–H groups in total. The molecule has 170 valence electrons. The molecule has 2 aliphatic carbocycles. The monoisotopic (exact) mass is 448 g/mol. The third-order valence-electron chi connectivity index (χ3n) is 6.98. The molecule has 0 radical (unpaired) electrons. The molecular weight excluding hydrogens is 424 g/mol. The summed E-state index contributed by atoms with van der Waals surface area (Å²) in [5, 5.41) is 2.64. The number of anilines is 2. The molecule has 1 aliphatic heterocycles. The van der Waals surface area contributed by atoms with Gasteiger partial charge in [-0.05, 0) is 73.6 Å². The fourth-order valence-corrected chi connectivity index (χ4v) is 5.52. The van der Waals surface area contributed by atoms with Crippen molar-refractivity contribution in [2.45, 2.75) is 19.3 Å². The van der Waals surface area contributed by atoms with Crippen LogP contribution in [-0.4, -0.2) is 37.4 Å². The summed E-state index contributed by atoms with van der Waals surface area (Å²) in [6.45, 7) is -0.468. The summed E-state index contributed by atoms with van der Waals surface area (Å²) in [5.41, 5.74) is 1.09. The van der Waals surface area contributed by atoms with Gasteiger partial charge in [0.15, 0.2) is 6.61 Å². The summed E-state index contributed by atoms with van der Waals surface area (Å²) in [6, 6.07) is 13.0. The van der Waals surface area contributed by atoms with Crippen molar-refractivity contribution in [1.82, 2.24) is 0 Å². The molecule has 2 aromatic carbocycles. The van der Waals surface area contributed by atoms with Gasteiger partial charge in [0.1, 0.15) is 5.75 Å². The molecule has 8 nitrogen and oxygen atoms in total. The van der Waals surface area contributed by atoms with Gasteiger partial charge in [0, 0.05) is 5.69 Å². The molecule has 3 aliphatic rings. The van der Waals surface area contributed by atoms with Gasteiger partial charge in [0.2, 0.25) is 11.8 Å². The maximum absolute atomic E-state index is 13.0. The summed E-state index contributed by atoms with van der Waals surface area (Å²) < 4.78 is 10.2. The standard InChI is InChI=1S/C25H24N2O6/c1-32-19-9-7-17(8-10-19)26-20(28)13-33-25(31)16-3-2-4-18(12-16)27-23(29)21-14-5-6-15(11-14)22(21)24(27)30/h2-4,7-10,12,14-15,21-22H,5-6,11,13H2,1H3,(H,26,28)/t14-,15-,21+,22+/m0/s1. The van der Waals surface area contributed by atoms with Crippen LogP contribution in [-0.2, 0) is 19.1 Å². The molecule has 33 heavy (non-hydrogen) atoms. The number of esters is 1. The lowest BCUT2D eigenvalue weighted by Gasteiger charge is -2.19. The molecule has 2 bridgehead atoms. The van der Waals surface area contributed by atoms with Crippen LogP contribution in [0.5, 0.6) is 5.75 Å². The number of benzene rings is 2. The van der Waals surface area contributed by atoms with Crippen molar-refractivity contribution in [2.24, 2.45) is 23.7 Å². The molecule has 3 amide bonds. The Morgan fingerprint density at radius 3 is 2.30 bits per heavy atom. The Bertz CT molecular complexity index is 1100. The van der Waals surface area contributed by atoms with E-state index >= 15 is 0 Å². The van der Waals surface area contributed by atoms with Crippen molar-refractivity contribution in [2.75, 3.05) is 23.9 Å². The lowest BCUT2D eigenvalue weighted by atomic mass is 9.81. The summed E-state index contributed by atoms with van der Waals surface area (Å²) in [6.07, 6.45) is 2.97. The Kier molecular flexibility index (Phi) is 5.36. The minimum atomic E-state index is -0.707. The van der Waals surface area contributed by atoms with E-state index in [1.807, 2.05) is 0 Å². The number of ether oxygens (including phenoxy) is 2. The van der Waals surface area contributed by atoms with E-state index in [9.17, 15) is 19.2 Å². The summed E-state index contributed by atoms with van der Waals surface area (Å²) in [5.74, 6) is -0.743. The highest BCUT2D eigenvalue weighted by Gasteiger charge is 2.61. The van der Waals surface area contributed by atoms with E-state index < -0.39 is 18.5 Å². The van der Waals surface area contributed by atoms with Crippen LogP contribution < -0.4 is 15.0 Å². The number of rotatable bonds is 6. The van der Waals surface area contributed by atoms with E-state index in [0.717, 1.165) is 19.3 Å². The Morgan fingerprint density at radius 2 is 1.67 bits per heavy atom. The predicted molar refractivity (Wildman–Crippen MR) is 119 cm³/mol. The zero-order valence-electron chi connectivity index (χ0n) is 18.2. The Hall–Kier alpha value is -3.68. The van der Waals surface area contributed by atoms with Crippen LogP contribution in [0.25, 0.3) is 0 Å². The van der Waals surface area contributed by atoms with E-state index in [1.165, 1.54) is 17.0 Å². The molecule has 8 heteroatoms. The SMILES string of the molecule is COc1ccc(NC(=O)COC(=O)c2cccc(N3C(=O)[C@@H]4[C@H]5CC[C@@H](C5)[C@H]4C3=O)c2)cc1. The first-order chi connectivity index (χ1) is 16.0. The molecule has 1 saturated heterocycles. The average molecular weight is 448 g/mol. The van der Waals surface area contributed by atoms with Crippen molar-refractivity contribution in [3.05, 3.63) is 54.1 Å². The number of hydrogen-bond donors (Lipinski definition) is 1. The van der Waals surface area contributed by atoms with Gasteiger partial charge >= 0.3 is 5.97 Å². The number of methoxy groups -OCH3 is 1. The molecular formula is C25H24N2O6. The van der Waals surface area contributed by atoms with Crippen LogP contribution in [0, 0.1) is 23.7 Å². The quantitative estimate of drug-likeness (QED) is 0.538. The number of nitrogens with one attached hydrogen (secondary N) is 1. The first-order valence-electron chi connectivity index (χ1n) is 11.0. The van der Waals surface area contributed by atoms with E-state index in [-0.39, 0.29) is 29.2 Å². The van der Waals surface area contributed by atoms with Gasteiger partial charge in [-0.15, -0.1) is 0 Å². The van der Waals surface area contributed by atoms with E-state index in [4.69, 9.17) is 9.47 Å². The second-order valence-electron chi connectivity index (χ2n) is 8.80. The van der Waals surface area contributed by atoms with Gasteiger partial charge in [-0.25, -0.2) is 4.79 Å². The van der Waals surface area contributed by atoms with Gasteiger partial charge in [-0.3, -0.25) is 19.3 Å². The number of nitrogens with zero attached hydrogens (tertiary/aromatic N) is 1. The van der Waals surface area contributed by atoms with E-state index in [2.05, 4.69) is 5.32 Å². The van der Waals surface area contributed by atoms with Crippen molar-refractivity contribution in [3.63, 3.8) is 0 Å². The van der Waals surface area contributed by atoms with Crippen LogP contribution in [0.2, 0.25) is 0 Å². The van der Waals surface area contributed by atoms with Gasteiger partial charge in [0.05, 0.1) is 30.2 Å². The van der Waals surface area contributed by atoms with Crippen molar-refractivity contribution in [1.29, 1.82) is 0 Å². The summed E-state index contributed by atoms with van der Waals surface area (Å²) in [7, 11) is 1.55. The molecule has 0 aromatic heterocycles. The van der Waals surface area contributed by atoms with Crippen molar-refractivity contribution < 1.29 is 28.7 Å². The van der Waals surface area contributed by atoms with Gasteiger partial charge in [-0.1, -0.05) is 6.07 Å². The maximum atomic E-state index is 13.0. The van der Waals surface area contributed by atoms with Crippen LogP contribution in [0.3, 0.4) is 0 Å². The predicted octanol–water partition coefficient (Wildman–Crippen LogP) is 3.03. The van der Waals surface area contributed by atoms with Crippen LogP contribution >= 0.6 is 0 Å². The largest absolute Gasteiger partial charge is 0.497 e. The zero-order valence-corrected chi connectivity index (χ0v) is 18.2. The normalized spacial score (nSPS) is 25.2. The van der Waals surface area contributed by atoms with Gasteiger partial charge < -0.3 is 14.8 Å². The molecule has 2 saturated carbocycles. The highest BCUT2D eigenvalue weighted by molar-refractivity contribution is 6.22. The number of carbonyl (C=O) groups excluding carboxylic acids is 4. The second kappa shape index (κ2) is 8.35. The van der Waals surface area contributed by atoms with Gasteiger partial charge in [0.25, 0.3) is 5.91 Å². The Morgan fingerprint density at radius 1 is 1.00 bits per heavy atom. The highest BCUT2D eigenvalue weighted by Crippen LogP contribution is 2.56. The first-order valence-corrected chi connectivity index (χ1v) is 11.0. The minimum Gasteiger partial charge on any atom is -0.497 e. The molecule has 0 unspecified atom stereocenters.